The summed E-state index contributed by atoms with van der Waals surface area (Å²) in [4.78, 5) is 15.9. The summed E-state index contributed by atoms with van der Waals surface area (Å²) in [6, 6.07) is 9.45. The van der Waals surface area contributed by atoms with E-state index in [1.165, 1.54) is 11.1 Å². The molecule has 110 valence electrons. The standard InChI is InChI=1S/C17H20N2O2/c1-12-11-16(21-3)13(2)10-14(12)7-9-19-17(20)15-6-4-5-8-18-15/h4-6,8,10-11H,7,9H2,1-3H3,(H,19,20). The predicted octanol–water partition coefficient (Wildman–Crippen LogP) is 2.68. The average molecular weight is 284 g/mol. The van der Waals surface area contributed by atoms with E-state index in [1.807, 2.05) is 13.0 Å². The molecular weight excluding hydrogens is 264 g/mol. The highest BCUT2D eigenvalue weighted by Crippen LogP contribution is 2.22. The molecule has 0 aliphatic heterocycles. The molecule has 0 aliphatic rings. The summed E-state index contributed by atoms with van der Waals surface area (Å²) in [5.41, 5.74) is 3.94. The van der Waals surface area contributed by atoms with Crippen LogP contribution in [0.3, 0.4) is 0 Å². The fourth-order valence-corrected chi connectivity index (χ4v) is 2.24. The lowest BCUT2D eigenvalue weighted by atomic mass is 10.0. The van der Waals surface area contributed by atoms with Gasteiger partial charge in [-0.3, -0.25) is 9.78 Å². The molecule has 4 nitrogen and oxygen atoms in total. The quantitative estimate of drug-likeness (QED) is 0.918. The van der Waals surface area contributed by atoms with Crippen LogP contribution in [0.5, 0.6) is 5.75 Å². The molecule has 0 aliphatic carbocycles. The van der Waals surface area contributed by atoms with E-state index in [2.05, 4.69) is 23.3 Å². The van der Waals surface area contributed by atoms with Gasteiger partial charge in [-0.05, 0) is 55.2 Å². The van der Waals surface area contributed by atoms with Gasteiger partial charge in [0.1, 0.15) is 11.4 Å². The lowest BCUT2D eigenvalue weighted by Crippen LogP contribution is -2.26. The minimum absolute atomic E-state index is 0.140. The van der Waals surface area contributed by atoms with Crippen LogP contribution < -0.4 is 10.1 Å². The first kappa shape index (κ1) is 15.0. The van der Waals surface area contributed by atoms with E-state index in [0.717, 1.165) is 17.7 Å². The summed E-state index contributed by atoms with van der Waals surface area (Å²) >= 11 is 0. The summed E-state index contributed by atoms with van der Waals surface area (Å²) in [5, 5.41) is 2.89. The summed E-state index contributed by atoms with van der Waals surface area (Å²) in [6.45, 7) is 4.66. The van der Waals surface area contributed by atoms with Crippen molar-refractivity contribution in [3.63, 3.8) is 0 Å². The van der Waals surface area contributed by atoms with Gasteiger partial charge in [-0.1, -0.05) is 12.1 Å². The van der Waals surface area contributed by atoms with E-state index in [-0.39, 0.29) is 5.91 Å². The van der Waals surface area contributed by atoms with Crippen LogP contribution in [0.15, 0.2) is 36.5 Å². The van der Waals surface area contributed by atoms with Crippen LogP contribution in [0, 0.1) is 13.8 Å². The summed E-state index contributed by atoms with van der Waals surface area (Å²) in [7, 11) is 1.68. The topological polar surface area (TPSA) is 51.2 Å². The second kappa shape index (κ2) is 6.88. The van der Waals surface area contributed by atoms with Gasteiger partial charge in [-0.2, -0.15) is 0 Å². The Morgan fingerprint density at radius 1 is 1.24 bits per heavy atom. The SMILES string of the molecule is COc1cc(C)c(CCNC(=O)c2ccccn2)cc1C. The molecule has 2 aromatic rings. The number of rotatable bonds is 5. The lowest BCUT2D eigenvalue weighted by molar-refractivity contribution is 0.0949. The van der Waals surface area contributed by atoms with Crippen molar-refractivity contribution in [2.24, 2.45) is 0 Å². The van der Waals surface area contributed by atoms with Gasteiger partial charge in [0.15, 0.2) is 0 Å². The van der Waals surface area contributed by atoms with Crippen molar-refractivity contribution in [1.82, 2.24) is 10.3 Å². The number of nitrogens with zero attached hydrogens (tertiary/aromatic N) is 1. The number of amides is 1. The highest BCUT2D eigenvalue weighted by atomic mass is 16.5. The van der Waals surface area contributed by atoms with Gasteiger partial charge in [0.2, 0.25) is 0 Å². The largest absolute Gasteiger partial charge is 0.496 e. The Bertz CT molecular complexity index is 624. The molecule has 4 heteroatoms. The number of ether oxygens (including phenoxy) is 1. The molecule has 0 saturated heterocycles. The van der Waals surface area contributed by atoms with Gasteiger partial charge in [0.25, 0.3) is 5.91 Å². The van der Waals surface area contributed by atoms with Crippen LogP contribution in [-0.4, -0.2) is 24.5 Å². The van der Waals surface area contributed by atoms with Gasteiger partial charge in [0.05, 0.1) is 7.11 Å². The first-order chi connectivity index (χ1) is 10.1. The van der Waals surface area contributed by atoms with Gasteiger partial charge in [-0.25, -0.2) is 0 Å². The van der Waals surface area contributed by atoms with E-state index < -0.39 is 0 Å². The Labute approximate surface area is 125 Å². The van der Waals surface area contributed by atoms with Crippen LogP contribution in [0.4, 0.5) is 0 Å². The number of carbonyl (C=O) groups excluding carboxylic acids is 1. The fourth-order valence-electron chi connectivity index (χ4n) is 2.24. The number of aromatic nitrogens is 1. The molecule has 0 radical (unpaired) electrons. The van der Waals surface area contributed by atoms with Crippen molar-refractivity contribution in [3.05, 3.63) is 58.9 Å². The van der Waals surface area contributed by atoms with Crippen molar-refractivity contribution < 1.29 is 9.53 Å². The highest BCUT2D eigenvalue weighted by molar-refractivity contribution is 5.92. The molecule has 0 spiro atoms. The van der Waals surface area contributed by atoms with Crippen LogP contribution in [0.2, 0.25) is 0 Å². The maximum Gasteiger partial charge on any atom is 0.269 e. The molecule has 0 atom stereocenters. The van der Waals surface area contributed by atoms with Gasteiger partial charge < -0.3 is 10.1 Å². The molecule has 1 amide bonds. The van der Waals surface area contributed by atoms with Crippen LogP contribution in [-0.2, 0) is 6.42 Å². The minimum atomic E-state index is -0.140. The fraction of sp³-hybridized carbons (Fsp3) is 0.294. The summed E-state index contributed by atoms with van der Waals surface area (Å²) in [5.74, 6) is 0.757. The van der Waals surface area contributed by atoms with Gasteiger partial charge >= 0.3 is 0 Å². The normalized spacial score (nSPS) is 10.2. The van der Waals surface area contributed by atoms with E-state index in [1.54, 1.807) is 31.5 Å². The summed E-state index contributed by atoms with van der Waals surface area (Å²) in [6.07, 6.45) is 2.40. The molecule has 1 heterocycles. The summed E-state index contributed by atoms with van der Waals surface area (Å²) < 4.78 is 5.30. The van der Waals surface area contributed by atoms with Crippen molar-refractivity contribution in [3.8, 4) is 5.75 Å². The first-order valence-corrected chi connectivity index (χ1v) is 6.95. The molecule has 1 aromatic carbocycles. The highest BCUT2D eigenvalue weighted by Gasteiger charge is 2.07. The molecule has 1 N–H and O–H groups in total. The molecule has 1 aromatic heterocycles. The van der Waals surface area contributed by atoms with E-state index in [9.17, 15) is 4.79 Å². The number of nitrogens with one attached hydrogen (secondary N) is 1. The van der Waals surface area contributed by atoms with Crippen molar-refractivity contribution in [2.45, 2.75) is 20.3 Å². The zero-order valence-electron chi connectivity index (χ0n) is 12.6. The predicted molar refractivity (Wildman–Crippen MR) is 82.7 cm³/mol. The van der Waals surface area contributed by atoms with Crippen LogP contribution in [0.1, 0.15) is 27.2 Å². The minimum Gasteiger partial charge on any atom is -0.496 e. The number of hydrogen-bond acceptors (Lipinski definition) is 3. The maximum atomic E-state index is 11.9. The number of benzene rings is 1. The molecule has 2 rings (SSSR count). The molecule has 0 fully saturated rings. The van der Waals surface area contributed by atoms with Crippen LogP contribution in [0.25, 0.3) is 0 Å². The molecule has 21 heavy (non-hydrogen) atoms. The Morgan fingerprint density at radius 2 is 2.05 bits per heavy atom. The van der Waals surface area contributed by atoms with Crippen molar-refractivity contribution >= 4 is 5.91 Å². The third kappa shape index (κ3) is 3.81. The van der Waals surface area contributed by atoms with Crippen molar-refractivity contribution in [1.29, 1.82) is 0 Å². The second-order valence-electron chi connectivity index (χ2n) is 4.97. The van der Waals surface area contributed by atoms with Gasteiger partial charge in [0, 0.05) is 12.7 Å². The number of aryl methyl sites for hydroxylation is 2. The monoisotopic (exact) mass is 284 g/mol. The van der Waals surface area contributed by atoms with E-state index >= 15 is 0 Å². The Morgan fingerprint density at radius 3 is 2.71 bits per heavy atom. The average Bonchev–Trinajstić information content (AvgIpc) is 2.51. The third-order valence-electron chi connectivity index (χ3n) is 3.43. The Kier molecular flexibility index (Phi) is 4.93. The first-order valence-electron chi connectivity index (χ1n) is 6.95. The number of pyridine rings is 1. The lowest BCUT2D eigenvalue weighted by Gasteiger charge is -2.11. The second-order valence-corrected chi connectivity index (χ2v) is 4.97. The van der Waals surface area contributed by atoms with Crippen molar-refractivity contribution in [2.75, 3.05) is 13.7 Å². The zero-order valence-corrected chi connectivity index (χ0v) is 12.6. The van der Waals surface area contributed by atoms with Crippen LogP contribution >= 0.6 is 0 Å². The molecule has 0 bridgehead atoms. The number of hydrogen-bond donors (Lipinski definition) is 1. The number of methoxy groups -OCH3 is 1. The molecular formula is C17H20N2O2. The van der Waals surface area contributed by atoms with E-state index in [0.29, 0.717) is 12.2 Å². The van der Waals surface area contributed by atoms with E-state index in [4.69, 9.17) is 4.74 Å². The number of carbonyl (C=O) groups is 1. The van der Waals surface area contributed by atoms with Gasteiger partial charge in [-0.15, -0.1) is 0 Å². The Balaban J connectivity index is 1.95. The Hall–Kier alpha value is -2.36. The molecule has 0 saturated carbocycles. The smallest absolute Gasteiger partial charge is 0.269 e. The maximum absolute atomic E-state index is 11.9. The molecule has 0 unspecified atom stereocenters. The zero-order chi connectivity index (χ0) is 15.2. The third-order valence-corrected chi connectivity index (χ3v) is 3.43.